The van der Waals surface area contributed by atoms with Crippen LogP contribution in [0.3, 0.4) is 0 Å². The van der Waals surface area contributed by atoms with Crippen molar-refractivity contribution in [2.24, 2.45) is 0 Å². The summed E-state index contributed by atoms with van der Waals surface area (Å²) in [5.74, 6) is 1.30. The van der Waals surface area contributed by atoms with Gasteiger partial charge in [-0.05, 0) is 43.5 Å². The fraction of sp³-hybridized carbons (Fsp3) is 0.316. The summed E-state index contributed by atoms with van der Waals surface area (Å²) in [6.07, 6.45) is 1.65. The fourth-order valence-corrected chi connectivity index (χ4v) is 2.53. The number of hydrogen-bond donors (Lipinski definition) is 0. The molecule has 0 saturated heterocycles. The Kier molecular flexibility index (Phi) is 4.86. The summed E-state index contributed by atoms with van der Waals surface area (Å²) in [6, 6.07) is 13.9. The zero-order valence-corrected chi connectivity index (χ0v) is 13.6. The molecule has 0 amide bonds. The minimum absolute atomic E-state index is 0.602. The molecule has 0 heterocycles. The minimum atomic E-state index is -0.602. The smallest absolute Gasteiger partial charge is 0.161 e. The second-order valence-electron chi connectivity index (χ2n) is 5.77. The highest BCUT2D eigenvalue weighted by Crippen LogP contribution is 2.34. The van der Waals surface area contributed by atoms with Crippen LogP contribution in [0.4, 0.5) is 0 Å². The number of rotatable bonds is 6. The number of carbonyl (C=O) groups excluding carboxylic acids is 1. The maximum absolute atomic E-state index is 11.8. The van der Waals surface area contributed by atoms with Gasteiger partial charge in [0.15, 0.2) is 11.5 Å². The fourth-order valence-electron chi connectivity index (χ4n) is 2.53. The molecule has 0 saturated carbocycles. The lowest BCUT2D eigenvalue weighted by atomic mass is 9.78. The van der Waals surface area contributed by atoms with Crippen molar-refractivity contribution in [3.8, 4) is 11.5 Å². The van der Waals surface area contributed by atoms with Crippen molar-refractivity contribution in [1.29, 1.82) is 0 Å². The molecule has 3 nitrogen and oxygen atoms in total. The summed E-state index contributed by atoms with van der Waals surface area (Å²) in [6.45, 7) is 4.00. The number of ether oxygens (including phenoxy) is 2. The van der Waals surface area contributed by atoms with E-state index >= 15 is 0 Å². The van der Waals surface area contributed by atoms with E-state index in [0.29, 0.717) is 17.9 Å². The summed E-state index contributed by atoms with van der Waals surface area (Å²) < 4.78 is 10.6. The molecule has 1 atom stereocenters. The molecule has 0 spiro atoms. The van der Waals surface area contributed by atoms with Gasteiger partial charge in [-0.1, -0.05) is 35.9 Å². The topological polar surface area (TPSA) is 35.5 Å². The van der Waals surface area contributed by atoms with Crippen LogP contribution in [0.5, 0.6) is 11.5 Å². The first-order chi connectivity index (χ1) is 10.5. The number of benzene rings is 2. The molecule has 2 rings (SSSR count). The lowest BCUT2D eigenvalue weighted by Crippen LogP contribution is -2.27. The van der Waals surface area contributed by atoms with Gasteiger partial charge in [0, 0.05) is 0 Å². The normalized spacial score (nSPS) is 13.3. The predicted molar refractivity (Wildman–Crippen MR) is 87.8 cm³/mol. The number of methoxy groups -OCH3 is 2. The highest BCUT2D eigenvalue weighted by molar-refractivity contribution is 5.69. The molecule has 0 aliphatic carbocycles. The van der Waals surface area contributed by atoms with Crippen molar-refractivity contribution in [2.75, 3.05) is 14.2 Å². The first kappa shape index (κ1) is 16.1. The molecular formula is C19H22O3. The van der Waals surface area contributed by atoms with Gasteiger partial charge in [-0.15, -0.1) is 0 Å². The van der Waals surface area contributed by atoms with E-state index in [1.807, 2.05) is 25.1 Å². The molecule has 0 aliphatic heterocycles. The van der Waals surface area contributed by atoms with Crippen molar-refractivity contribution >= 4 is 6.29 Å². The molecule has 2 aromatic rings. The summed E-state index contributed by atoms with van der Waals surface area (Å²) in [5, 5.41) is 0. The van der Waals surface area contributed by atoms with Crippen LogP contribution >= 0.6 is 0 Å². The Morgan fingerprint density at radius 1 is 1.00 bits per heavy atom. The second kappa shape index (κ2) is 6.65. The zero-order chi connectivity index (χ0) is 16.2. The molecule has 0 bridgehead atoms. The van der Waals surface area contributed by atoms with Crippen LogP contribution < -0.4 is 9.47 Å². The minimum Gasteiger partial charge on any atom is -0.493 e. The Morgan fingerprint density at radius 2 is 1.64 bits per heavy atom. The van der Waals surface area contributed by atoms with E-state index < -0.39 is 5.41 Å². The van der Waals surface area contributed by atoms with Crippen molar-refractivity contribution in [1.82, 2.24) is 0 Å². The van der Waals surface area contributed by atoms with E-state index in [9.17, 15) is 4.79 Å². The van der Waals surface area contributed by atoms with Crippen LogP contribution in [0.25, 0.3) is 0 Å². The Balaban J connectivity index is 2.36. The van der Waals surface area contributed by atoms with Crippen LogP contribution in [-0.2, 0) is 16.6 Å². The quantitative estimate of drug-likeness (QED) is 0.763. The average Bonchev–Trinajstić information content (AvgIpc) is 2.56. The standard InChI is InChI=1S/C19H22O3/c1-14-5-7-15(8-6-14)12-19(2,13-20)16-9-10-17(21-3)18(11-16)22-4/h5-11,13H,12H2,1-4H3. The van der Waals surface area contributed by atoms with Gasteiger partial charge in [-0.25, -0.2) is 0 Å². The molecule has 0 radical (unpaired) electrons. The Hall–Kier alpha value is -2.29. The number of carbonyl (C=O) groups is 1. The molecular weight excluding hydrogens is 276 g/mol. The summed E-state index contributed by atoms with van der Waals surface area (Å²) in [5.41, 5.74) is 2.66. The number of hydrogen-bond acceptors (Lipinski definition) is 3. The maximum Gasteiger partial charge on any atom is 0.161 e. The zero-order valence-electron chi connectivity index (χ0n) is 13.6. The summed E-state index contributed by atoms with van der Waals surface area (Å²) in [7, 11) is 3.20. The van der Waals surface area contributed by atoms with Crippen molar-refractivity contribution in [3.63, 3.8) is 0 Å². The van der Waals surface area contributed by atoms with E-state index in [1.54, 1.807) is 14.2 Å². The molecule has 22 heavy (non-hydrogen) atoms. The van der Waals surface area contributed by atoms with E-state index in [2.05, 4.69) is 31.2 Å². The highest BCUT2D eigenvalue weighted by atomic mass is 16.5. The molecule has 0 fully saturated rings. The second-order valence-corrected chi connectivity index (χ2v) is 5.77. The summed E-state index contributed by atoms with van der Waals surface area (Å²) in [4.78, 5) is 11.8. The van der Waals surface area contributed by atoms with Crippen LogP contribution in [0.2, 0.25) is 0 Å². The average molecular weight is 298 g/mol. The van der Waals surface area contributed by atoms with Crippen LogP contribution in [-0.4, -0.2) is 20.5 Å². The lowest BCUT2D eigenvalue weighted by Gasteiger charge is -2.25. The molecule has 2 aromatic carbocycles. The molecule has 116 valence electrons. The van der Waals surface area contributed by atoms with Crippen LogP contribution in [0.1, 0.15) is 23.6 Å². The first-order valence-electron chi connectivity index (χ1n) is 7.27. The van der Waals surface area contributed by atoms with Gasteiger partial charge >= 0.3 is 0 Å². The molecule has 0 aliphatic rings. The van der Waals surface area contributed by atoms with Gasteiger partial charge in [0.25, 0.3) is 0 Å². The lowest BCUT2D eigenvalue weighted by molar-refractivity contribution is -0.112. The Labute approximate surface area is 131 Å². The molecule has 0 aromatic heterocycles. The monoisotopic (exact) mass is 298 g/mol. The Bertz CT molecular complexity index is 646. The maximum atomic E-state index is 11.8. The third-order valence-corrected chi connectivity index (χ3v) is 4.00. The van der Waals surface area contributed by atoms with Crippen molar-refractivity contribution < 1.29 is 14.3 Å². The van der Waals surface area contributed by atoms with Gasteiger partial charge in [0.2, 0.25) is 0 Å². The third kappa shape index (κ3) is 3.30. The molecule has 0 N–H and O–H groups in total. The van der Waals surface area contributed by atoms with Gasteiger partial charge in [-0.2, -0.15) is 0 Å². The predicted octanol–water partition coefficient (Wildman–Crippen LogP) is 3.71. The van der Waals surface area contributed by atoms with Gasteiger partial charge in [0.1, 0.15) is 6.29 Å². The van der Waals surface area contributed by atoms with Gasteiger partial charge in [-0.3, -0.25) is 0 Å². The first-order valence-corrected chi connectivity index (χ1v) is 7.27. The SMILES string of the molecule is COc1ccc(C(C)(C=O)Cc2ccc(C)cc2)cc1OC. The van der Waals surface area contributed by atoms with Crippen LogP contribution in [0.15, 0.2) is 42.5 Å². The van der Waals surface area contributed by atoms with Crippen molar-refractivity contribution in [3.05, 3.63) is 59.2 Å². The third-order valence-electron chi connectivity index (χ3n) is 4.00. The number of aryl methyl sites for hydroxylation is 1. The summed E-state index contributed by atoms with van der Waals surface area (Å²) >= 11 is 0. The van der Waals surface area contributed by atoms with Gasteiger partial charge < -0.3 is 14.3 Å². The molecule has 3 heteroatoms. The largest absolute Gasteiger partial charge is 0.493 e. The van der Waals surface area contributed by atoms with Gasteiger partial charge in [0.05, 0.1) is 19.6 Å². The van der Waals surface area contributed by atoms with E-state index in [4.69, 9.17) is 9.47 Å². The highest BCUT2D eigenvalue weighted by Gasteiger charge is 2.27. The van der Waals surface area contributed by atoms with E-state index in [-0.39, 0.29) is 0 Å². The molecule has 1 unspecified atom stereocenters. The van der Waals surface area contributed by atoms with E-state index in [0.717, 1.165) is 17.4 Å². The Morgan fingerprint density at radius 3 is 2.18 bits per heavy atom. The van der Waals surface area contributed by atoms with Crippen LogP contribution in [0, 0.1) is 6.92 Å². The van der Waals surface area contributed by atoms with Crippen molar-refractivity contribution in [2.45, 2.75) is 25.7 Å². The van der Waals surface area contributed by atoms with E-state index in [1.165, 1.54) is 5.56 Å². The number of aldehydes is 1.